The molecule has 0 saturated carbocycles. The minimum absolute atomic E-state index is 0.0195. The number of fused-ring (bicyclic) bond motifs is 3. The molecule has 3 aliphatic rings. The molecule has 0 spiro atoms. The van der Waals surface area contributed by atoms with Crippen LogP contribution in [0.5, 0.6) is 0 Å². The van der Waals surface area contributed by atoms with Gasteiger partial charge in [0.25, 0.3) is 0 Å². The molecular weight excluding hydrogens is 412 g/mol. The van der Waals surface area contributed by atoms with Crippen LogP contribution in [0.25, 0.3) is 0 Å². The third kappa shape index (κ3) is 4.58. The van der Waals surface area contributed by atoms with Gasteiger partial charge in [-0.25, -0.2) is 9.78 Å². The van der Waals surface area contributed by atoms with Gasteiger partial charge in [0.2, 0.25) is 5.82 Å². The summed E-state index contributed by atoms with van der Waals surface area (Å²) in [5.41, 5.74) is 0.839. The Morgan fingerprint density at radius 1 is 1.22 bits per heavy atom. The third-order valence-electron chi connectivity index (χ3n) is 5.67. The molecule has 3 saturated heterocycles. The maximum atomic E-state index is 12.6. The van der Waals surface area contributed by atoms with Gasteiger partial charge in [-0.3, -0.25) is 15.1 Å². The molecule has 2 atom stereocenters. The SMILES string of the molecule is Cc1cc(Nc2nc(N3C[C@@H]4CC[C@H]3CN4C(=O)OC(C)(C)C)ccc2[N+](=O)[O-])ccn1. The van der Waals surface area contributed by atoms with Crippen LogP contribution in [0.4, 0.5) is 27.8 Å². The second-order valence-electron chi connectivity index (χ2n) is 9.28. The van der Waals surface area contributed by atoms with Gasteiger partial charge in [-0.05, 0) is 58.7 Å². The maximum Gasteiger partial charge on any atom is 0.410 e. The number of piperazine rings is 1. The molecule has 1 N–H and O–H groups in total. The van der Waals surface area contributed by atoms with Gasteiger partial charge in [0.05, 0.1) is 11.0 Å². The van der Waals surface area contributed by atoms with Crippen molar-refractivity contribution in [2.45, 2.75) is 58.2 Å². The van der Waals surface area contributed by atoms with E-state index in [-0.39, 0.29) is 29.7 Å². The van der Waals surface area contributed by atoms with E-state index in [2.05, 4.69) is 20.2 Å². The molecule has 5 heterocycles. The zero-order chi connectivity index (χ0) is 23.0. The highest BCUT2D eigenvalue weighted by Crippen LogP contribution is 2.35. The maximum absolute atomic E-state index is 12.6. The van der Waals surface area contributed by atoms with Crippen LogP contribution < -0.4 is 10.2 Å². The molecule has 0 aliphatic carbocycles. The third-order valence-corrected chi connectivity index (χ3v) is 5.67. The lowest BCUT2D eigenvalue weighted by molar-refractivity contribution is -0.384. The molecule has 170 valence electrons. The number of anilines is 3. The molecule has 2 bridgehead atoms. The summed E-state index contributed by atoms with van der Waals surface area (Å²) in [5.74, 6) is 0.839. The van der Waals surface area contributed by atoms with Crippen molar-refractivity contribution < 1.29 is 14.5 Å². The zero-order valence-corrected chi connectivity index (χ0v) is 18.7. The van der Waals surface area contributed by atoms with E-state index in [4.69, 9.17) is 4.74 Å². The van der Waals surface area contributed by atoms with Gasteiger partial charge in [-0.2, -0.15) is 0 Å². The Morgan fingerprint density at radius 2 is 1.97 bits per heavy atom. The summed E-state index contributed by atoms with van der Waals surface area (Å²) in [5, 5.41) is 14.6. The second-order valence-corrected chi connectivity index (χ2v) is 9.28. The van der Waals surface area contributed by atoms with Crippen molar-refractivity contribution in [3.63, 3.8) is 0 Å². The predicted octanol–water partition coefficient (Wildman–Crippen LogP) is 4.02. The van der Waals surface area contributed by atoms with Crippen LogP contribution >= 0.6 is 0 Å². The fraction of sp³-hybridized carbons (Fsp3) is 0.500. The summed E-state index contributed by atoms with van der Waals surface area (Å²) in [6.45, 7) is 8.59. The molecule has 3 aliphatic heterocycles. The first-order valence-corrected chi connectivity index (χ1v) is 10.7. The number of hydrogen-bond donors (Lipinski definition) is 1. The average molecular weight is 441 g/mol. The number of amides is 1. The Hall–Kier alpha value is -3.43. The number of nitrogens with zero attached hydrogens (tertiary/aromatic N) is 5. The van der Waals surface area contributed by atoms with Crippen molar-refractivity contribution in [2.75, 3.05) is 23.3 Å². The van der Waals surface area contributed by atoms with Gasteiger partial charge in [-0.1, -0.05) is 0 Å². The molecular formula is C22H28N6O4. The molecule has 32 heavy (non-hydrogen) atoms. The van der Waals surface area contributed by atoms with Crippen LogP contribution in [-0.4, -0.2) is 56.7 Å². The highest BCUT2D eigenvalue weighted by Gasteiger charge is 2.43. The van der Waals surface area contributed by atoms with Crippen LogP contribution in [0, 0.1) is 17.0 Å². The van der Waals surface area contributed by atoms with Gasteiger partial charge in [0.15, 0.2) is 0 Å². The molecule has 5 rings (SSSR count). The summed E-state index contributed by atoms with van der Waals surface area (Å²) < 4.78 is 5.57. The minimum Gasteiger partial charge on any atom is -0.444 e. The average Bonchev–Trinajstić information content (AvgIpc) is 2.72. The lowest BCUT2D eigenvalue weighted by atomic mass is 9.91. The number of nitro groups is 1. The molecule has 3 fully saturated rings. The van der Waals surface area contributed by atoms with E-state index in [1.165, 1.54) is 6.07 Å². The molecule has 2 aromatic heterocycles. The van der Waals surface area contributed by atoms with Gasteiger partial charge in [0.1, 0.15) is 11.4 Å². The molecule has 0 aromatic carbocycles. The van der Waals surface area contributed by atoms with E-state index in [0.717, 1.165) is 18.5 Å². The number of ether oxygens (including phenoxy) is 1. The Labute approximate surface area is 186 Å². The monoisotopic (exact) mass is 440 g/mol. The lowest BCUT2D eigenvalue weighted by Crippen LogP contribution is -2.64. The molecule has 2 aromatic rings. The quantitative estimate of drug-likeness (QED) is 0.560. The standard InChI is InChI=1S/C22H28N6O4/c1-14-11-15(9-10-23-14)24-20-18(28(30)31)7-8-19(25-20)26-12-17-6-5-16(26)13-27(17)21(29)32-22(2,3)4/h7-11,16-17H,5-6,12-13H2,1-4H3,(H,23,24,25)/t16-,17-/m0/s1. The Morgan fingerprint density at radius 3 is 2.59 bits per heavy atom. The zero-order valence-electron chi connectivity index (χ0n) is 18.7. The van der Waals surface area contributed by atoms with E-state index >= 15 is 0 Å². The molecule has 10 heteroatoms. The number of hydrogen-bond acceptors (Lipinski definition) is 8. The van der Waals surface area contributed by atoms with E-state index in [1.807, 2.05) is 27.7 Å². The molecule has 1 amide bonds. The summed E-state index contributed by atoms with van der Waals surface area (Å²) in [6, 6.07) is 6.81. The first-order valence-electron chi connectivity index (χ1n) is 10.7. The topological polar surface area (TPSA) is 114 Å². The Kier molecular flexibility index (Phi) is 5.62. The summed E-state index contributed by atoms with van der Waals surface area (Å²) in [6.07, 6.45) is 3.17. The highest BCUT2D eigenvalue weighted by molar-refractivity contribution is 5.71. The second kappa shape index (κ2) is 8.25. The van der Waals surface area contributed by atoms with E-state index < -0.39 is 10.5 Å². The van der Waals surface area contributed by atoms with E-state index in [0.29, 0.717) is 24.6 Å². The smallest absolute Gasteiger partial charge is 0.410 e. The minimum atomic E-state index is -0.542. The molecule has 10 nitrogen and oxygen atoms in total. The number of pyridine rings is 2. The van der Waals surface area contributed by atoms with Crippen molar-refractivity contribution >= 4 is 29.1 Å². The largest absolute Gasteiger partial charge is 0.444 e. The summed E-state index contributed by atoms with van der Waals surface area (Å²) in [4.78, 5) is 36.5. The lowest BCUT2D eigenvalue weighted by Gasteiger charge is -2.51. The summed E-state index contributed by atoms with van der Waals surface area (Å²) >= 11 is 0. The normalized spacial score (nSPS) is 20.2. The Balaban J connectivity index is 1.57. The fourth-order valence-corrected chi connectivity index (χ4v) is 4.25. The summed E-state index contributed by atoms with van der Waals surface area (Å²) in [7, 11) is 0. The van der Waals surface area contributed by atoms with Crippen LogP contribution in [0.15, 0.2) is 30.5 Å². The predicted molar refractivity (Wildman–Crippen MR) is 120 cm³/mol. The number of piperidine rings is 2. The van der Waals surface area contributed by atoms with Crippen molar-refractivity contribution in [3.8, 4) is 0 Å². The van der Waals surface area contributed by atoms with Crippen molar-refractivity contribution in [1.29, 1.82) is 0 Å². The first kappa shape index (κ1) is 21.8. The fourth-order valence-electron chi connectivity index (χ4n) is 4.25. The van der Waals surface area contributed by atoms with Crippen molar-refractivity contribution in [3.05, 3.63) is 46.3 Å². The van der Waals surface area contributed by atoms with Crippen molar-refractivity contribution in [2.24, 2.45) is 0 Å². The molecule has 0 unspecified atom stereocenters. The number of rotatable bonds is 4. The van der Waals surface area contributed by atoms with Crippen LogP contribution in [0.3, 0.4) is 0 Å². The number of aromatic nitrogens is 2. The number of aryl methyl sites for hydroxylation is 1. The first-order chi connectivity index (χ1) is 15.1. The van der Waals surface area contributed by atoms with Gasteiger partial charge < -0.3 is 19.9 Å². The number of carbonyl (C=O) groups excluding carboxylic acids is 1. The Bertz CT molecular complexity index is 1040. The van der Waals surface area contributed by atoms with Crippen LogP contribution in [-0.2, 0) is 4.74 Å². The van der Waals surface area contributed by atoms with Crippen LogP contribution in [0.1, 0.15) is 39.3 Å². The van der Waals surface area contributed by atoms with E-state index in [1.54, 1.807) is 29.3 Å². The van der Waals surface area contributed by atoms with Gasteiger partial charge in [0, 0.05) is 42.8 Å². The number of carbonyl (C=O) groups is 1. The van der Waals surface area contributed by atoms with Gasteiger partial charge in [-0.15, -0.1) is 0 Å². The molecule has 0 radical (unpaired) electrons. The van der Waals surface area contributed by atoms with Gasteiger partial charge >= 0.3 is 11.8 Å². The van der Waals surface area contributed by atoms with Crippen molar-refractivity contribution in [1.82, 2.24) is 14.9 Å². The number of nitrogens with one attached hydrogen (secondary N) is 1. The van der Waals surface area contributed by atoms with E-state index in [9.17, 15) is 14.9 Å². The highest BCUT2D eigenvalue weighted by atomic mass is 16.6. The van der Waals surface area contributed by atoms with Crippen LogP contribution in [0.2, 0.25) is 0 Å².